The first-order valence-corrected chi connectivity index (χ1v) is 6.20. The molecule has 0 fully saturated rings. The quantitative estimate of drug-likeness (QED) is 0.700. The van der Waals surface area contributed by atoms with Crippen LogP contribution in [0, 0.1) is 18.3 Å². The van der Waals surface area contributed by atoms with Crippen molar-refractivity contribution < 1.29 is 4.42 Å². The second kappa shape index (κ2) is 4.29. The number of hydrogen-bond donors (Lipinski definition) is 0. The molecule has 2 heterocycles. The molecule has 4 heteroatoms. The molecule has 2 aromatic heterocycles. The van der Waals surface area contributed by atoms with Gasteiger partial charge < -0.3 is 8.98 Å². The lowest BCUT2D eigenvalue weighted by Gasteiger charge is -2.03. The smallest absolute Gasteiger partial charge is 0.177 e. The van der Waals surface area contributed by atoms with Crippen molar-refractivity contribution in [2.45, 2.75) is 20.4 Å². The Hall–Kier alpha value is -2.54. The molecule has 0 aliphatic rings. The van der Waals surface area contributed by atoms with Crippen LogP contribution in [0.4, 0.5) is 0 Å². The van der Waals surface area contributed by atoms with E-state index in [2.05, 4.69) is 22.5 Å². The Bertz CT molecular complexity index is 789. The molecule has 0 N–H and O–H groups in total. The Morgan fingerprint density at radius 2 is 2.16 bits per heavy atom. The van der Waals surface area contributed by atoms with Gasteiger partial charge in [0.15, 0.2) is 11.6 Å². The standard InChI is InChI=1S/C15H13N3O/c1-3-18-13-6-5-11(9-16)8-12(13)17-15(18)14-7-4-10(2)19-14/h4-8H,3H2,1-2H3. The Labute approximate surface area is 110 Å². The highest BCUT2D eigenvalue weighted by molar-refractivity contribution is 5.81. The molecule has 94 valence electrons. The van der Waals surface area contributed by atoms with E-state index in [4.69, 9.17) is 9.68 Å². The molecule has 0 atom stereocenters. The van der Waals surface area contributed by atoms with E-state index in [9.17, 15) is 0 Å². The molecule has 3 aromatic rings. The minimum Gasteiger partial charge on any atom is -0.458 e. The summed E-state index contributed by atoms with van der Waals surface area (Å²) in [5.41, 5.74) is 2.46. The van der Waals surface area contributed by atoms with Crippen LogP contribution in [0.15, 0.2) is 34.7 Å². The highest BCUT2D eigenvalue weighted by atomic mass is 16.3. The minimum absolute atomic E-state index is 0.621. The lowest BCUT2D eigenvalue weighted by molar-refractivity contribution is 0.540. The minimum atomic E-state index is 0.621. The van der Waals surface area contributed by atoms with Crippen LogP contribution in [-0.4, -0.2) is 9.55 Å². The number of benzene rings is 1. The number of aryl methyl sites for hydroxylation is 2. The van der Waals surface area contributed by atoms with Gasteiger partial charge in [-0.05, 0) is 44.2 Å². The number of rotatable bonds is 2. The van der Waals surface area contributed by atoms with Crippen LogP contribution >= 0.6 is 0 Å². The zero-order chi connectivity index (χ0) is 13.4. The summed E-state index contributed by atoms with van der Waals surface area (Å²) >= 11 is 0. The van der Waals surface area contributed by atoms with Crippen molar-refractivity contribution in [2.24, 2.45) is 0 Å². The molecule has 0 aliphatic heterocycles. The van der Waals surface area contributed by atoms with Gasteiger partial charge in [-0.1, -0.05) is 0 Å². The van der Waals surface area contributed by atoms with Gasteiger partial charge in [0.25, 0.3) is 0 Å². The van der Waals surface area contributed by atoms with E-state index in [1.54, 1.807) is 6.07 Å². The van der Waals surface area contributed by atoms with Gasteiger partial charge in [-0.15, -0.1) is 0 Å². The molecule has 0 saturated carbocycles. The number of nitrogens with zero attached hydrogens (tertiary/aromatic N) is 3. The van der Waals surface area contributed by atoms with Crippen LogP contribution in [0.3, 0.4) is 0 Å². The molecule has 0 saturated heterocycles. The maximum atomic E-state index is 8.95. The SMILES string of the molecule is CCn1c(-c2ccc(C)o2)nc2cc(C#N)ccc21. The molecule has 1 aromatic carbocycles. The normalized spacial score (nSPS) is 10.8. The van der Waals surface area contributed by atoms with E-state index in [0.29, 0.717) is 5.56 Å². The molecular weight excluding hydrogens is 238 g/mol. The Morgan fingerprint density at radius 1 is 1.32 bits per heavy atom. The van der Waals surface area contributed by atoms with E-state index in [0.717, 1.165) is 34.9 Å². The topological polar surface area (TPSA) is 54.8 Å². The van der Waals surface area contributed by atoms with Crippen molar-refractivity contribution >= 4 is 11.0 Å². The third kappa shape index (κ3) is 1.80. The fraction of sp³-hybridized carbons (Fsp3) is 0.200. The van der Waals surface area contributed by atoms with Crippen LogP contribution < -0.4 is 0 Å². The van der Waals surface area contributed by atoms with E-state index in [1.807, 2.05) is 31.2 Å². The van der Waals surface area contributed by atoms with Gasteiger partial charge in [0, 0.05) is 6.54 Å². The summed E-state index contributed by atoms with van der Waals surface area (Å²) in [6.07, 6.45) is 0. The molecule has 0 aliphatic carbocycles. The van der Waals surface area contributed by atoms with Gasteiger partial charge in [0.2, 0.25) is 0 Å². The van der Waals surface area contributed by atoms with Crippen molar-refractivity contribution in [3.8, 4) is 17.7 Å². The number of imidazole rings is 1. The molecule has 0 spiro atoms. The van der Waals surface area contributed by atoms with Crippen molar-refractivity contribution in [2.75, 3.05) is 0 Å². The Morgan fingerprint density at radius 3 is 2.79 bits per heavy atom. The van der Waals surface area contributed by atoms with Crippen molar-refractivity contribution in [1.82, 2.24) is 9.55 Å². The summed E-state index contributed by atoms with van der Waals surface area (Å²) < 4.78 is 7.74. The second-order valence-corrected chi connectivity index (χ2v) is 4.41. The molecule has 3 rings (SSSR count). The second-order valence-electron chi connectivity index (χ2n) is 4.41. The highest BCUT2D eigenvalue weighted by Gasteiger charge is 2.14. The van der Waals surface area contributed by atoms with E-state index in [1.165, 1.54) is 0 Å². The predicted octanol–water partition coefficient (Wildman–Crippen LogP) is 3.50. The average molecular weight is 251 g/mol. The van der Waals surface area contributed by atoms with Crippen LogP contribution in [0.1, 0.15) is 18.2 Å². The van der Waals surface area contributed by atoms with Crippen LogP contribution in [-0.2, 0) is 6.54 Å². The zero-order valence-corrected chi connectivity index (χ0v) is 10.8. The molecular formula is C15H13N3O. The van der Waals surface area contributed by atoms with Gasteiger partial charge in [-0.3, -0.25) is 0 Å². The molecule has 4 nitrogen and oxygen atoms in total. The Kier molecular flexibility index (Phi) is 2.60. The summed E-state index contributed by atoms with van der Waals surface area (Å²) in [6.45, 7) is 4.78. The summed E-state index contributed by atoms with van der Waals surface area (Å²) in [5, 5.41) is 8.95. The van der Waals surface area contributed by atoms with Crippen molar-refractivity contribution in [1.29, 1.82) is 5.26 Å². The van der Waals surface area contributed by atoms with Gasteiger partial charge in [-0.2, -0.15) is 5.26 Å². The van der Waals surface area contributed by atoms with Gasteiger partial charge >= 0.3 is 0 Å². The van der Waals surface area contributed by atoms with E-state index >= 15 is 0 Å². The third-order valence-electron chi connectivity index (χ3n) is 3.15. The average Bonchev–Trinajstić information content (AvgIpc) is 3.00. The number of fused-ring (bicyclic) bond motifs is 1. The lowest BCUT2D eigenvalue weighted by atomic mass is 10.2. The molecule has 0 bridgehead atoms. The molecule has 19 heavy (non-hydrogen) atoms. The van der Waals surface area contributed by atoms with Gasteiger partial charge in [0.1, 0.15) is 5.76 Å². The number of nitriles is 1. The fourth-order valence-corrected chi connectivity index (χ4v) is 2.26. The summed E-state index contributed by atoms with van der Waals surface area (Å²) in [7, 11) is 0. The predicted molar refractivity (Wildman–Crippen MR) is 72.6 cm³/mol. The molecule has 0 radical (unpaired) electrons. The van der Waals surface area contributed by atoms with Crippen LogP contribution in [0.5, 0.6) is 0 Å². The van der Waals surface area contributed by atoms with E-state index < -0.39 is 0 Å². The van der Waals surface area contributed by atoms with Gasteiger partial charge in [0.05, 0.1) is 22.7 Å². The van der Waals surface area contributed by atoms with E-state index in [-0.39, 0.29) is 0 Å². The van der Waals surface area contributed by atoms with Crippen LogP contribution in [0.25, 0.3) is 22.6 Å². The summed E-state index contributed by atoms with van der Waals surface area (Å²) in [5.74, 6) is 2.43. The van der Waals surface area contributed by atoms with Crippen molar-refractivity contribution in [3.63, 3.8) is 0 Å². The maximum Gasteiger partial charge on any atom is 0.177 e. The number of hydrogen-bond acceptors (Lipinski definition) is 3. The first-order chi connectivity index (χ1) is 9.22. The van der Waals surface area contributed by atoms with Crippen LogP contribution in [0.2, 0.25) is 0 Å². The lowest BCUT2D eigenvalue weighted by Crippen LogP contribution is -1.96. The first-order valence-electron chi connectivity index (χ1n) is 6.20. The Balaban J connectivity index is 2.27. The number of furan rings is 1. The van der Waals surface area contributed by atoms with Gasteiger partial charge in [-0.25, -0.2) is 4.98 Å². The summed E-state index contributed by atoms with van der Waals surface area (Å²) in [4.78, 5) is 4.59. The monoisotopic (exact) mass is 251 g/mol. The maximum absolute atomic E-state index is 8.95. The third-order valence-corrected chi connectivity index (χ3v) is 3.15. The molecule has 0 amide bonds. The van der Waals surface area contributed by atoms with Crippen molar-refractivity contribution in [3.05, 3.63) is 41.7 Å². The summed E-state index contributed by atoms with van der Waals surface area (Å²) in [6, 6.07) is 11.5. The fourth-order valence-electron chi connectivity index (χ4n) is 2.26. The first kappa shape index (κ1) is 11.5. The zero-order valence-electron chi connectivity index (χ0n) is 10.8. The molecule has 0 unspecified atom stereocenters. The largest absolute Gasteiger partial charge is 0.458 e. The highest BCUT2D eigenvalue weighted by Crippen LogP contribution is 2.26. The number of aromatic nitrogens is 2.